The number of carbonyl (C=O) groups excluding carboxylic acids is 1. The van der Waals surface area contributed by atoms with Crippen LogP contribution >= 0.6 is 24.0 Å². The zero-order valence-corrected chi connectivity index (χ0v) is 23.3. The second kappa shape index (κ2) is 12.1. The van der Waals surface area contributed by atoms with Crippen LogP contribution in [0.1, 0.15) is 30.0 Å². The average molecular weight is 556 g/mol. The Kier molecular flexibility index (Phi) is 8.87. The summed E-state index contributed by atoms with van der Waals surface area (Å²) in [4.78, 5) is 32.6. The number of ether oxygens (including phenoxy) is 1. The highest BCUT2D eigenvalue weighted by Gasteiger charge is 2.33. The van der Waals surface area contributed by atoms with E-state index in [2.05, 4.69) is 9.80 Å². The second-order valence-corrected chi connectivity index (χ2v) is 10.7. The van der Waals surface area contributed by atoms with Crippen LogP contribution in [0.4, 0.5) is 15.9 Å². The van der Waals surface area contributed by atoms with Crippen molar-refractivity contribution in [3.63, 3.8) is 0 Å². The number of anilines is 2. The van der Waals surface area contributed by atoms with Gasteiger partial charge in [0, 0.05) is 64.2 Å². The van der Waals surface area contributed by atoms with Gasteiger partial charge in [-0.05, 0) is 56.2 Å². The molecule has 11 heteroatoms. The summed E-state index contributed by atoms with van der Waals surface area (Å²) in [5, 5.41) is 9.72. The number of thiocarbonyl (C=S) groups is 1. The Hall–Kier alpha value is -3.20. The number of benzene rings is 1. The largest absolute Gasteiger partial charge is 0.382 e. The van der Waals surface area contributed by atoms with E-state index in [4.69, 9.17) is 17.0 Å². The van der Waals surface area contributed by atoms with Crippen LogP contribution in [-0.4, -0.2) is 65.6 Å². The van der Waals surface area contributed by atoms with Gasteiger partial charge < -0.3 is 14.5 Å². The average Bonchev–Trinajstić information content (AvgIpc) is 3.18. The number of pyridine rings is 1. The maximum atomic E-state index is 13.4. The molecule has 2 aromatic rings. The minimum absolute atomic E-state index is 0.0552. The van der Waals surface area contributed by atoms with E-state index in [0.717, 1.165) is 5.69 Å². The molecule has 2 aliphatic heterocycles. The first-order valence-corrected chi connectivity index (χ1v) is 13.7. The first-order chi connectivity index (χ1) is 18.3. The highest BCUT2D eigenvalue weighted by Crippen LogP contribution is 2.36. The number of nitriles is 1. The summed E-state index contributed by atoms with van der Waals surface area (Å²) in [5.41, 5.74) is 1.81. The summed E-state index contributed by atoms with van der Waals surface area (Å²) in [7, 11) is 1.65. The van der Waals surface area contributed by atoms with Crippen LogP contribution in [0.2, 0.25) is 0 Å². The SMILES string of the molecule is CCOCCCN1C(=O)/C(=C/c2c(C)c(C#N)c(=O)n(C)c2N2CCN(c3ccc(F)cc3)CC2)SC1=S. The Balaban J connectivity index is 1.65. The number of amides is 1. The molecule has 0 bridgehead atoms. The van der Waals surface area contributed by atoms with Crippen LogP contribution < -0.4 is 15.4 Å². The highest BCUT2D eigenvalue weighted by molar-refractivity contribution is 8.26. The molecule has 1 amide bonds. The predicted molar refractivity (Wildman–Crippen MR) is 153 cm³/mol. The third kappa shape index (κ3) is 5.62. The van der Waals surface area contributed by atoms with E-state index in [-0.39, 0.29) is 22.8 Å². The van der Waals surface area contributed by atoms with Gasteiger partial charge in [-0.15, -0.1) is 0 Å². The van der Waals surface area contributed by atoms with Crippen LogP contribution in [0.3, 0.4) is 0 Å². The number of hydrogen-bond acceptors (Lipinski definition) is 8. The minimum atomic E-state index is -0.374. The predicted octanol–water partition coefficient (Wildman–Crippen LogP) is 3.66. The van der Waals surface area contributed by atoms with Gasteiger partial charge in [-0.25, -0.2) is 4.39 Å². The fourth-order valence-corrected chi connectivity index (χ4v) is 6.01. The summed E-state index contributed by atoms with van der Waals surface area (Å²) in [6.45, 7) is 7.85. The summed E-state index contributed by atoms with van der Waals surface area (Å²) in [6.07, 6.45) is 2.44. The zero-order chi connectivity index (χ0) is 27.4. The lowest BCUT2D eigenvalue weighted by molar-refractivity contribution is -0.122. The molecule has 1 aromatic carbocycles. The Labute approximate surface area is 231 Å². The Morgan fingerprint density at radius 1 is 1.16 bits per heavy atom. The van der Waals surface area contributed by atoms with E-state index in [0.29, 0.717) is 78.5 Å². The van der Waals surface area contributed by atoms with E-state index < -0.39 is 0 Å². The Morgan fingerprint density at radius 2 is 1.82 bits per heavy atom. The molecule has 2 aliphatic rings. The van der Waals surface area contributed by atoms with Crippen molar-refractivity contribution in [3.8, 4) is 6.07 Å². The van der Waals surface area contributed by atoms with Crippen LogP contribution in [0.25, 0.3) is 6.08 Å². The lowest BCUT2D eigenvalue weighted by atomic mass is 10.0. The van der Waals surface area contributed by atoms with Crippen molar-refractivity contribution in [3.05, 3.63) is 62.0 Å². The van der Waals surface area contributed by atoms with Gasteiger partial charge in [0.2, 0.25) is 0 Å². The van der Waals surface area contributed by atoms with Crippen molar-refractivity contribution in [2.24, 2.45) is 7.05 Å². The first kappa shape index (κ1) is 27.8. The molecule has 0 atom stereocenters. The number of rotatable bonds is 8. The van der Waals surface area contributed by atoms with Gasteiger partial charge in [-0.2, -0.15) is 5.26 Å². The molecule has 2 saturated heterocycles. The smallest absolute Gasteiger partial charge is 0.270 e. The van der Waals surface area contributed by atoms with Crippen molar-refractivity contribution < 1.29 is 13.9 Å². The molecule has 200 valence electrons. The molecule has 38 heavy (non-hydrogen) atoms. The molecule has 0 N–H and O–H groups in total. The molecule has 2 fully saturated rings. The fourth-order valence-electron chi connectivity index (χ4n) is 4.72. The third-order valence-electron chi connectivity index (χ3n) is 6.76. The summed E-state index contributed by atoms with van der Waals surface area (Å²) < 4.78 is 20.7. The quantitative estimate of drug-likeness (QED) is 0.277. The Morgan fingerprint density at radius 3 is 2.45 bits per heavy atom. The van der Waals surface area contributed by atoms with Crippen molar-refractivity contribution in [2.45, 2.75) is 20.3 Å². The molecule has 0 radical (unpaired) electrons. The van der Waals surface area contributed by atoms with Crippen LogP contribution in [0.5, 0.6) is 0 Å². The van der Waals surface area contributed by atoms with Gasteiger partial charge in [-0.3, -0.25) is 19.1 Å². The molecule has 0 spiro atoms. The highest BCUT2D eigenvalue weighted by atomic mass is 32.2. The molecular weight excluding hydrogens is 525 g/mol. The molecule has 1 aromatic heterocycles. The first-order valence-electron chi connectivity index (χ1n) is 12.5. The fraction of sp³-hybridized carbons (Fsp3) is 0.407. The molecule has 0 saturated carbocycles. The maximum Gasteiger partial charge on any atom is 0.270 e. The molecule has 3 heterocycles. The number of carbonyl (C=O) groups is 1. The van der Waals surface area contributed by atoms with E-state index in [1.807, 2.05) is 13.0 Å². The van der Waals surface area contributed by atoms with E-state index in [1.165, 1.54) is 28.5 Å². The van der Waals surface area contributed by atoms with Gasteiger partial charge >= 0.3 is 0 Å². The van der Waals surface area contributed by atoms with Gasteiger partial charge in [0.05, 0.1) is 4.91 Å². The monoisotopic (exact) mass is 555 g/mol. The van der Waals surface area contributed by atoms with Gasteiger partial charge in [-0.1, -0.05) is 24.0 Å². The third-order valence-corrected chi connectivity index (χ3v) is 8.14. The number of thioether (sulfide) groups is 1. The van der Waals surface area contributed by atoms with Gasteiger partial charge in [0.1, 0.15) is 27.6 Å². The van der Waals surface area contributed by atoms with E-state index in [9.17, 15) is 19.2 Å². The number of aromatic nitrogens is 1. The van der Waals surface area contributed by atoms with E-state index in [1.54, 1.807) is 37.1 Å². The molecule has 0 unspecified atom stereocenters. The van der Waals surface area contributed by atoms with Gasteiger partial charge in [0.15, 0.2) is 0 Å². The van der Waals surface area contributed by atoms with Crippen molar-refractivity contribution in [1.82, 2.24) is 9.47 Å². The summed E-state index contributed by atoms with van der Waals surface area (Å²) in [5.74, 6) is 0.196. The normalized spacial score (nSPS) is 17.0. The second-order valence-electron chi connectivity index (χ2n) is 9.05. The van der Waals surface area contributed by atoms with Crippen molar-refractivity contribution >= 4 is 51.8 Å². The van der Waals surface area contributed by atoms with Crippen LogP contribution in [0.15, 0.2) is 34.0 Å². The molecule has 8 nitrogen and oxygen atoms in total. The summed E-state index contributed by atoms with van der Waals surface area (Å²) >= 11 is 6.71. The topological polar surface area (TPSA) is 81.8 Å². The molecule has 4 rings (SSSR count). The molecule has 0 aliphatic carbocycles. The maximum absolute atomic E-state index is 13.4. The Bertz CT molecular complexity index is 1360. The van der Waals surface area contributed by atoms with Crippen molar-refractivity contribution in [2.75, 3.05) is 55.7 Å². The number of nitrogens with zero attached hydrogens (tertiary/aromatic N) is 5. The lowest BCUT2D eigenvalue weighted by Crippen LogP contribution is -2.48. The summed E-state index contributed by atoms with van der Waals surface area (Å²) in [6, 6.07) is 8.45. The molecular formula is C27H30FN5O3S2. The zero-order valence-electron chi connectivity index (χ0n) is 21.7. The van der Waals surface area contributed by atoms with Crippen LogP contribution in [0, 0.1) is 24.1 Å². The number of piperazine rings is 1. The van der Waals surface area contributed by atoms with Crippen LogP contribution in [-0.2, 0) is 16.6 Å². The van der Waals surface area contributed by atoms with Crippen molar-refractivity contribution in [1.29, 1.82) is 5.26 Å². The number of halogens is 1. The van der Waals surface area contributed by atoms with E-state index >= 15 is 0 Å². The minimum Gasteiger partial charge on any atom is -0.382 e. The number of hydrogen-bond donors (Lipinski definition) is 0. The lowest BCUT2D eigenvalue weighted by Gasteiger charge is -2.38. The van der Waals surface area contributed by atoms with Gasteiger partial charge in [0.25, 0.3) is 11.5 Å². The standard InChI is InChI=1S/C27H30FN5O3S2/c1-4-36-15-5-10-33-26(35)23(38-27(33)37)16-21-18(2)22(17-29)25(34)30(3)24(21)32-13-11-31(12-14-32)20-8-6-19(28)7-9-20/h6-9,16H,4-5,10-15H2,1-3H3/b23-16-.